The highest BCUT2D eigenvalue weighted by Gasteiger charge is 2.16. The summed E-state index contributed by atoms with van der Waals surface area (Å²) in [6.07, 6.45) is 9.75. The minimum absolute atomic E-state index is 0.896. The van der Waals surface area contributed by atoms with Gasteiger partial charge in [-0.05, 0) is 117 Å². The molecule has 0 aliphatic carbocycles. The second-order valence-corrected chi connectivity index (χ2v) is 17.5. The smallest absolute Gasteiger partial charge is 0.0780 e. The number of benzene rings is 8. The Balaban J connectivity index is 0.926. The highest BCUT2D eigenvalue weighted by Crippen LogP contribution is 2.40. The van der Waals surface area contributed by atoms with Gasteiger partial charge in [0.15, 0.2) is 0 Å². The zero-order chi connectivity index (χ0) is 45.5. The minimum Gasteiger partial charge on any atom is -0.256 e. The number of fused-ring (bicyclic) bond motifs is 1. The summed E-state index contributed by atoms with van der Waals surface area (Å²) in [7, 11) is 0. The van der Waals surface area contributed by atoms with E-state index < -0.39 is 0 Å². The lowest BCUT2D eigenvalue weighted by atomic mass is 9.89. The summed E-state index contributed by atoms with van der Waals surface area (Å²) in [6.45, 7) is 0. The van der Waals surface area contributed by atoms with Crippen LogP contribution < -0.4 is 0 Å². The van der Waals surface area contributed by atoms with Gasteiger partial charge in [0.05, 0.1) is 17.1 Å². The molecule has 0 aliphatic rings. The number of hydrogen-bond donors (Lipinski definition) is 0. The van der Waals surface area contributed by atoms with E-state index in [1.807, 2.05) is 24.5 Å². The molecule has 11 rings (SSSR count). The molecule has 0 radical (unpaired) electrons. The monoisotopic (exact) mass is 871 g/mol. The van der Waals surface area contributed by atoms with Crippen LogP contribution in [0, 0.1) is 0 Å². The van der Waals surface area contributed by atoms with Crippen LogP contribution in [-0.4, -0.2) is 15.0 Å². The zero-order valence-corrected chi connectivity index (χ0v) is 37.8. The lowest BCUT2D eigenvalue weighted by molar-refractivity contribution is 0.923. The first-order valence-corrected chi connectivity index (χ1v) is 23.6. The highest BCUT2D eigenvalue weighted by atomic mass is 14.7. The number of rotatable bonds is 13. The molecule has 11 aromatic rings. The Kier molecular flexibility index (Phi) is 12.1. The molecule has 68 heavy (non-hydrogen) atoms. The third kappa shape index (κ3) is 9.29. The van der Waals surface area contributed by atoms with Crippen LogP contribution in [-0.2, 0) is 25.7 Å². The molecule has 0 saturated heterocycles. The zero-order valence-electron chi connectivity index (χ0n) is 37.8. The van der Waals surface area contributed by atoms with Gasteiger partial charge in [-0.15, -0.1) is 0 Å². The summed E-state index contributed by atoms with van der Waals surface area (Å²) >= 11 is 0. The molecule has 0 N–H and O–H groups in total. The fraction of sp³-hybridized carbons (Fsp3) is 0.0615. The van der Waals surface area contributed by atoms with Gasteiger partial charge in [0, 0.05) is 46.2 Å². The van der Waals surface area contributed by atoms with Crippen LogP contribution in [0.15, 0.2) is 249 Å². The van der Waals surface area contributed by atoms with Crippen molar-refractivity contribution in [3.8, 4) is 78.3 Å². The Morgan fingerprint density at radius 2 is 0.676 bits per heavy atom. The number of aromatic nitrogens is 3. The van der Waals surface area contributed by atoms with Crippen molar-refractivity contribution in [3.05, 3.63) is 271 Å². The van der Waals surface area contributed by atoms with Gasteiger partial charge < -0.3 is 0 Å². The van der Waals surface area contributed by atoms with E-state index in [-0.39, 0.29) is 0 Å². The molecule has 0 unspecified atom stereocenters. The normalized spacial score (nSPS) is 11.2. The fourth-order valence-electron chi connectivity index (χ4n) is 9.45. The third-order valence-corrected chi connectivity index (χ3v) is 13.0. The van der Waals surface area contributed by atoms with E-state index in [0.29, 0.717) is 0 Å². The summed E-state index contributed by atoms with van der Waals surface area (Å²) in [5.74, 6) is 0. The quantitative estimate of drug-likeness (QED) is 0.116. The average Bonchev–Trinajstić information content (AvgIpc) is 3.42. The van der Waals surface area contributed by atoms with Crippen molar-refractivity contribution in [1.29, 1.82) is 0 Å². The van der Waals surface area contributed by atoms with Crippen molar-refractivity contribution < 1.29 is 0 Å². The minimum atomic E-state index is 0.896. The first kappa shape index (κ1) is 42.1. The van der Waals surface area contributed by atoms with Gasteiger partial charge in [-0.2, -0.15) is 0 Å². The van der Waals surface area contributed by atoms with Crippen LogP contribution in [0.5, 0.6) is 0 Å². The van der Waals surface area contributed by atoms with Gasteiger partial charge in [-0.1, -0.05) is 206 Å². The van der Waals surface area contributed by atoms with Gasteiger partial charge in [0.25, 0.3) is 0 Å². The molecule has 0 fully saturated rings. The molecule has 3 heterocycles. The largest absolute Gasteiger partial charge is 0.256 e. The summed E-state index contributed by atoms with van der Waals surface area (Å²) in [5.41, 5.74) is 20.8. The maximum atomic E-state index is 5.29. The van der Waals surface area contributed by atoms with E-state index in [2.05, 4.69) is 225 Å². The van der Waals surface area contributed by atoms with Crippen molar-refractivity contribution in [2.45, 2.75) is 25.7 Å². The van der Waals surface area contributed by atoms with E-state index in [1.165, 1.54) is 61.0 Å². The van der Waals surface area contributed by atoms with Crippen molar-refractivity contribution in [2.24, 2.45) is 0 Å². The molecular weight excluding hydrogens is 823 g/mol. The Morgan fingerprint density at radius 3 is 1.24 bits per heavy atom. The van der Waals surface area contributed by atoms with Crippen molar-refractivity contribution in [1.82, 2.24) is 15.0 Å². The van der Waals surface area contributed by atoms with E-state index in [0.717, 1.165) is 76.0 Å². The summed E-state index contributed by atoms with van der Waals surface area (Å²) < 4.78 is 0. The molecule has 8 aromatic carbocycles. The second-order valence-electron chi connectivity index (χ2n) is 17.5. The first-order valence-electron chi connectivity index (χ1n) is 23.6. The van der Waals surface area contributed by atoms with Crippen molar-refractivity contribution in [2.75, 3.05) is 0 Å². The maximum absolute atomic E-state index is 5.29. The van der Waals surface area contributed by atoms with E-state index in [9.17, 15) is 0 Å². The molecule has 3 nitrogen and oxygen atoms in total. The van der Waals surface area contributed by atoms with Gasteiger partial charge >= 0.3 is 0 Å². The number of nitrogens with zero attached hydrogens (tertiary/aromatic N) is 3. The van der Waals surface area contributed by atoms with Crippen LogP contribution in [0.1, 0.15) is 22.3 Å². The van der Waals surface area contributed by atoms with E-state index in [4.69, 9.17) is 15.0 Å². The highest BCUT2D eigenvalue weighted by molar-refractivity contribution is 6.05. The van der Waals surface area contributed by atoms with Crippen molar-refractivity contribution in [3.63, 3.8) is 0 Å². The number of pyridine rings is 3. The maximum Gasteiger partial charge on any atom is 0.0780 e. The molecule has 324 valence electrons. The van der Waals surface area contributed by atoms with Gasteiger partial charge in [-0.3, -0.25) is 15.0 Å². The van der Waals surface area contributed by atoms with Gasteiger partial charge in [0.1, 0.15) is 0 Å². The molecule has 0 atom stereocenters. The first-order chi connectivity index (χ1) is 33.7. The third-order valence-electron chi connectivity index (χ3n) is 13.0. The SMILES string of the molecule is c1ccc(-c2cccc(-c3cccc(-c4ncc(-c5ccccc5-c5cc(CCc6ccc(-c7ccccc7)nc6)cc(CCc6ccc(-c7ccccc7)nc6)c5)c5ccccc45)c3)c2)cc1. The standard InChI is InChI=1S/C65H49N3/c1-4-16-50(17-5-1)53-22-14-23-54(41-53)55-24-15-25-56(42-55)65-61-29-13-12-28-60(61)62(45-68-65)59-27-11-10-26-58(59)57-39-48(32-30-46-34-36-63(66-43-46)51-18-6-2-7-19-51)38-49(40-57)33-31-47-35-37-64(67-44-47)52-20-8-3-9-21-52/h1-29,34-45H,30-33H2. The molecule has 3 heteroatoms. The Bertz CT molecular complexity index is 3370. The van der Waals surface area contributed by atoms with E-state index in [1.54, 1.807) is 0 Å². The number of hydrogen-bond acceptors (Lipinski definition) is 3. The van der Waals surface area contributed by atoms with Crippen LogP contribution in [0.2, 0.25) is 0 Å². The molecular formula is C65H49N3. The van der Waals surface area contributed by atoms with Gasteiger partial charge in [0.2, 0.25) is 0 Å². The van der Waals surface area contributed by atoms with Crippen LogP contribution in [0.3, 0.4) is 0 Å². The fourth-order valence-corrected chi connectivity index (χ4v) is 9.45. The lowest BCUT2D eigenvalue weighted by Gasteiger charge is -2.17. The lowest BCUT2D eigenvalue weighted by Crippen LogP contribution is -1.99. The van der Waals surface area contributed by atoms with E-state index >= 15 is 0 Å². The topological polar surface area (TPSA) is 38.7 Å². The molecule has 0 spiro atoms. The Hall–Kier alpha value is -8.53. The number of aryl methyl sites for hydroxylation is 4. The summed E-state index contributed by atoms with van der Waals surface area (Å²) in [5, 5.41) is 2.30. The predicted molar refractivity (Wildman–Crippen MR) is 283 cm³/mol. The van der Waals surface area contributed by atoms with Gasteiger partial charge in [-0.25, -0.2) is 0 Å². The summed E-state index contributed by atoms with van der Waals surface area (Å²) in [6, 6.07) is 82.4. The molecule has 0 aliphatic heterocycles. The Labute approximate surface area is 399 Å². The summed E-state index contributed by atoms with van der Waals surface area (Å²) in [4.78, 5) is 15.0. The van der Waals surface area contributed by atoms with Crippen LogP contribution >= 0.6 is 0 Å². The van der Waals surface area contributed by atoms with Crippen LogP contribution in [0.25, 0.3) is 89.1 Å². The molecule has 0 saturated carbocycles. The molecule has 0 bridgehead atoms. The Morgan fingerprint density at radius 1 is 0.235 bits per heavy atom. The van der Waals surface area contributed by atoms with Crippen molar-refractivity contribution >= 4 is 10.8 Å². The predicted octanol–water partition coefficient (Wildman–Crippen LogP) is 16.3. The van der Waals surface area contributed by atoms with Crippen LogP contribution in [0.4, 0.5) is 0 Å². The molecule has 0 amide bonds. The molecule has 3 aromatic heterocycles. The average molecular weight is 872 g/mol. The second kappa shape index (κ2) is 19.5.